The Morgan fingerprint density at radius 1 is 1.00 bits per heavy atom. The number of allylic oxidation sites excluding steroid dienone is 1. The van der Waals surface area contributed by atoms with Gasteiger partial charge in [0, 0.05) is 23.3 Å². The third kappa shape index (κ3) is 15.5. The first-order valence-corrected chi connectivity index (χ1v) is 12.0. The molecule has 0 radical (unpaired) electrons. The maximum Gasteiger partial charge on any atom is 0.330 e. The lowest BCUT2D eigenvalue weighted by molar-refractivity contribution is -0.133. The Bertz CT molecular complexity index is 990. The first kappa shape index (κ1) is 32.9. The van der Waals surface area contributed by atoms with Gasteiger partial charge in [0.05, 0.1) is 10.6 Å². The molecule has 1 rings (SSSR count). The van der Waals surface area contributed by atoms with Crippen molar-refractivity contribution in [2.45, 2.75) is 51.9 Å². The summed E-state index contributed by atoms with van der Waals surface area (Å²) in [6.07, 6.45) is 4.70. The van der Waals surface area contributed by atoms with Crippen LogP contribution >= 0.6 is 0 Å². The molecule has 0 atom stereocenters. The lowest BCUT2D eigenvalue weighted by atomic mass is 10.1. The molecule has 0 fully saturated rings. The van der Waals surface area contributed by atoms with Crippen LogP contribution in [0.25, 0.3) is 0 Å². The number of hydrogen-bond donors (Lipinski definition) is 4. The van der Waals surface area contributed by atoms with Crippen molar-refractivity contribution in [3.05, 3.63) is 65.3 Å². The molecule has 0 aromatic heterocycles. The number of unbranched alkanes of at least 4 members (excludes halogenated alkanes) is 1. The van der Waals surface area contributed by atoms with E-state index in [0.717, 1.165) is 5.56 Å². The number of carboxylic acids is 2. The summed E-state index contributed by atoms with van der Waals surface area (Å²) < 4.78 is 23.7. The van der Waals surface area contributed by atoms with Crippen molar-refractivity contribution >= 4 is 27.7 Å². The number of aliphatic hydroxyl groups excluding tert-OH is 1. The van der Waals surface area contributed by atoms with Crippen molar-refractivity contribution in [2.24, 2.45) is 5.73 Å². The summed E-state index contributed by atoms with van der Waals surface area (Å²) in [5, 5.41) is 24.8. The molecular weight excluding hydrogens is 462 g/mol. The molecule has 1 aromatic rings. The number of aryl methyl sites for hydroxylation is 1. The fourth-order valence-corrected chi connectivity index (χ4v) is 3.07. The monoisotopic (exact) mass is 497 g/mol. The fraction of sp³-hybridized carbons (Fsp3) is 0.375. The average Bonchev–Trinajstić information content (AvgIpc) is 2.77. The number of carbonyl (C=O) groups is 3. The summed E-state index contributed by atoms with van der Waals surface area (Å²) in [5.74, 6) is -2.62. The van der Waals surface area contributed by atoms with Crippen LogP contribution in [0.3, 0.4) is 0 Å². The van der Waals surface area contributed by atoms with Crippen LogP contribution in [0.1, 0.15) is 45.6 Å². The van der Waals surface area contributed by atoms with E-state index < -0.39 is 27.7 Å². The predicted molar refractivity (Wildman–Crippen MR) is 131 cm³/mol. The number of aliphatic carboxylic acids is 2. The molecule has 10 heteroatoms. The van der Waals surface area contributed by atoms with Gasteiger partial charge in [-0.25, -0.2) is 18.0 Å². The second kappa shape index (κ2) is 17.3. The second-order valence-electron chi connectivity index (χ2n) is 7.21. The molecule has 0 bridgehead atoms. The number of carboxylic acid groups (broad SMARTS) is 2. The van der Waals surface area contributed by atoms with Crippen molar-refractivity contribution in [1.82, 2.24) is 0 Å². The van der Waals surface area contributed by atoms with E-state index in [1.165, 1.54) is 13.0 Å². The normalized spacial score (nSPS) is 11.3. The molecule has 0 aliphatic rings. The molecule has 0 saturated heterocycles. The van der Waals surface area contributed by atoms with Gasteiger partial charge in [-0.2, -0.15) is 0 Å². The number of benzene rings is 1. The van der Waals surface area contributed by atoms with Gasteiger partial charge in [0.25, 0.3) is 0 Å². The highest BCUT2D eigenvalue weighted by molar-refractivity contribution is 7.91. The van der Waals surface area contributed by atoms with Crippen molar-refractivity contribution in [2.75, 3.05) is 12.4 Å². The molecule has 0 unspecified atom stereocenters. The van der Waals surface area contributed by atoms with Gasteiger partial charge >= 0.3 is 11.9 Å². The molecule has 34 heavy (non-hydrogen) atoms. The fourth-order valence-electron chi connectivity index (χ4n) is 1.86. The molecule has 1 aromatic carbocycles. The van der Waals surface area contributed by atoms with Gasteiger partial charge < -0.3 is 21.1 Å². The zero-order valence-electron chi connectivity index (χ0n) is 20.1. The van der Waals surface area contributed by atoms with E-state index in [0.29, 0.717) is 24.8 Å². The van der Waals surface area contributed by atoms with E-state index in [1.54, 1.807) is 44.2 Å². The summed E-state index contributed by atoms with van der Waals surface area (Å²) in [5.41, 5.74) is 6.87. The molecule has 190 valence electrons. The standard InChI is InChI=1S/C12H15NO3S.C7H12O3.C5H8O2/c1-9-3-5-11(6-4-9)17(15,16)8-7-10(2)12(13)14;1-6(7(9)10)4-2-3-5-8;1-3-4(2)5(6)7/h3-7H,8H2,1-2H3,(H2,13,14);8H,1-5H2,(H,9,10);3H,1-2H3,(H,6,7). The third-order valence-corrected chi connectivity index (χ3v) is 5.93. The number of hydrogen-bond acceptors (Lipinski definition) is 6. The molecule has 0 aliphatic carbocycles. The van der Waals surface area contributed by atoms with Crippen molar-refractivity contribution < 1.29 is 38.1 Å². The average molecular weight is 498 g/mol. The minimum Gasteiger partial charge on any atom is -0.478 e. The quantitative estimate of drug-likeness (QED) is 0.282. The van der Waals surface area contributed by atoms with Gasteiger partial charge in [0.15, 0.2) is 9.84 Å². The molecule has 9 nitrogen and oxygen atoms in total. The van der Waals surface area contributed by atoms with E-state index in [4.69, 9.17) is 21.1 Å². The van der Waals surface area contributed by atoms with Crippen LogP contribution in [-0.2, 0) is 24.2 Å². The first-order chi connectivity index (χ1) is 15.7. The van der Waals surface area contributed by atoms with Gasteiger partial charge in [0.2, 0.25) is 5.91 Å². The van der Waals surface area contributed by atoms with E-state index in [-0.39, 0.29) is 28.4 Å². The van der Waals surface area contributed by atoms with Crippen molar-refractivity contribution in [3.63, 3.8) is 0 Å². The number of amides is 1. The summed E-state index contributed by atoms with van der Waals surface area (Å²) in [4.78, 5) is 31.0. The van der Waals surface area contributed by atoms with Gasteiger partial charge in [0.1, 0.15) is 0 Å². The van der Waals surface area contributed by atoms with E-state index in [1.807, 2.05) is 6.92 Å². The Hall–Kier alpha value is -3.24. The Morgan fingerprint density at radius 3 is 1.88 bits per heavy atom. The third-order valence-electron chi connectivity index (χ3n) is 4.34. The minimum absolute atomic E-state index is 0.118. The zero-order chi connectivity index (χ0) is 26.9. The number of rotatable bonds is 10. The highest BCUT2D eigenvalue weighted by Gasteiger charge is 2.12. The molecule has 0 spiro atoms. The minimum atomic E-state index is -3.39. The number of nitrogens with two attached hydrogens (primary N) is 1. The van der Waals surface area contributed by atoms with Crippen LogP contribution in [0, 0.1) is 6.92 Å². The molecule has 0 aliphatic heterocycles. The lowest BCUT2D eigenvalue weighted by Crippen LogP contribution is -2.13. The number of primary amides is 1. The second-order valence-corrected chi connectivity index (χ2v) is 9.25. The Balaban J connectivity index is 0. The van der Waals surface area contributed by atoms with Gasteiger partial charge in [-0.1, -0.05) is 36.4 Å². The SMILES string of the molecule is C=C(CCCCO)C(=O)O.CC(=CCS(=O)(=O)c1ccc(C)cc1)C(N)=O.CC=C(C)C(=O)O. The summed E-state index contributed by atoms with van der Waals surface area (Å²) in [7, 11) is -3.39. The van der Waals surface area contributed by atoms with Crippen LogP contribution in [0.4, 0.5) is 0 Å². The maximum absolute atomic E-state index is 11.9. The number of aliphatic hydroxyl groups is 1. The predicted octanol–water partition coefficient (Wildman–Crippen LogP) is 3.03. The van der Waals surface area contributed by atoms with Crippen molar-refractivity contribution in [1.29, 1.82) is 0 Å². The van der Waals surface area contributed by atoms with E-state index >= 15 is 0 Å². The van der Waals surface area contributed by atoms with Gasteiger partial charge in [-0.15, -0.1) is 0 Å². The molecule has 0 heterocycles. The van der Waals surface area contributed by atoms with Gasteiger partial charge in [-0.3, -0.25) is 4.79 Å². The highest BCUT2D eigenvalue weighted by atomic mass is 32.2. The van der Waals surface area contributed by atoms with E-state index in [2.05, 4.69) is 6.58 Å². The van der Waals surface area contributed by atoms with Gasteiger partial charge in [-0.05, 0) is 59.1 Å². The Morgan fingerprint density at radius 2 is 1.53 bits per heavy atom. The lowest BCUT2D eigenvalue weighted by Gasteiger charge is -2.02. The zero-order valence-corrected chi connectivity index (χ0v) is 20.9. The van der Waals surface area contributed by atoms with E-state index in [9.17, 15) is 22.8 Å². The van der Waals surface area contributed by atoms with Crippen LogP contribution < -0.4 is 5.73 Å². The number of sulfone groups is 1. The summed E-state index contributed by atoms with van der Waals surface area (Å²) in [6, 6.07) is 6.57. The highest BCUT2D eigenvalue weighted by Crippen LogP contribution is 2.12. The summed E-state index contributed by atoms with van der Waals surface area (Å²) in [6.45, 7) is 10.1. The number of carbonyl (C=O) groups excluding carboxylic acids is 1. The Kier molecular flexibility index (Phi) is 16.7. The van der Waals surface area contributed by atoms with Crippen LogP contribution in [0.5, 0.6) is 0 Å². The van der Waals surface area contributed by atoms with Crippen molar-refractivity contribution in [3.8, 4) is 0 Å². The largest absolute Gasteiger partial charge is 0.478 e. The summed E-state index contributed by atoms with van der Waals surface area (Å²) >= 11 is 0. The van der Waals surface area contributed by atoms with Crippen LogP contribution in [0.2, 0.25) is 0 Å². The smallest absolute Gasteiger partial charge is 0.330 e. The first-order valence-electron chi connectivity index (χ1n) is 10.3. The Labute approximate surface area is 201 Å². The van der Waals surface area contributed by atoms with Crippen LogP contribution in [-0.4, -0.2) is 53.9 Å². The maximum atomic E-state index is 11.9. The van der Waals surface area contributed by atoms with Crippen LogP contribution in [0.15, 0.2) is 64.6 Å². The topological polar surface area (TPSA) is 172 Å². The molecule has 1 amide bonds. The molecule has 5 N–H and O–H groups in total. The molecular formula is C24H35NO8S. The molecule has 0 saturated carbocycles.